The molecule has 0 aromatic carbocycles. The van der Waals surface area contributed by atoms with Gasteiger partial charge in [0.15, 0.2) is 0 Å². The van der Waals surface area contributed by atoms with Crippen LogP contribution in [0.15, 0.2) is 18.3 Å². The lowest BCUT2D eigenvalue weighted by Gasteiger charge is -2.43. The summed E-state index contributed by atoms with van der Waals surface area (Å²) in [4.78, 5) is 4.29. The molecule has 4 heteroatoms. The Kier molecular flexibility index (Phi) is 3.83. The molecule has 1 saturated carbocycles. The number of nitrogens with two attached hydrogens (primary N) is 1. The van der Waals surface area contributed by atoms with E-state index in [1.807, 2.05) is 0 Å². The van der Waals surface area contributed by atoms with Gasteiger partial charge in [-0.1, -0.05) is 19.8 Å². The van der Waals surface area contributed by atoms with E-state index in [1.165, 1.54) is 19.3 Å². The Morgan fingerprint density at radius 2 is 2.44 bits per heavy atom. The lowest BCUT2D eigenvalue weighted by molar-refractivity contribution is 0.235. The van der Waals surface area contributed by atoms with E-state index in [2.05, 4.69) is 23.3 Å². The molecule has 2 unspecified atom stereocenters. The van der Waals surface area contributed by atoms with Gasteiger partial charge in [-0.05, 0) is 30.9 Å². The number of aromatic nitrogens is 1. The fourth-order valence-corrected chi connectivity index (χ4v) is 2.78. The standard InChI is InChI=1S/C14H20N4/c1-11-4-2-3-6-14(11,10-16)18-13-8-12(9-15)5-7-17-13/h5,7-8,11H,2-4,6,10,16H2,1H3,(H,17,18). The minimum atomic E-state index is -0.0701. The van der Waals surface area contributed by atoms with Gasteiger partial charge < -0.3 is 11.1 Å². The second-order valence-electron chi connectivity index (χ2n) is 5.17. The van der Waals surface area contributed by atoms with Crippen molar-refractivity contribution in [1.82, 2.24) is 4.98 Å². The van der Waals surface area contributed by atoms with E-state index < -0.39 is 0 Å². The van der Waals surface area contributed by atoms with Crippen molar-refractivity contribution in [2.24, 2.45) is 11.7 Å². The zero-order chi connectivity index (χ0) is 13.0. The summed E-state index contributed by atoms with van der Waals surface area (Å²) in [5.74, 6) is 1.29. The average Bonchev–Trinajstić information content (AvgIpc) is 2.42. The first-order valence-corrected chi connectivity index (χ1v) is 6.54. The molecule has 96 valence electrons. The molecular formula is C14H20N4. The smallest absolute Gasteiger partial charge is 0.127 e. The van der Waals surface area contributed by atoms with E-state index in [0.29, 0.717) is 18.0 Å². The van der Waals surface area contributed by atoms with Crippen LogP contribution in [-0.4, -0.2) is 17.1 Å². The van der Waals surface area contributed by atoms with Crippen LogP contribution >= 0.6 is 0 Å². The molecule has 1 fully saturated rings. The van der Waals surface area contributed by atoms with Crippen molar-refractivity contribution in [2.45, 2.75) is 38.1 Å². The average molecular weight is 244 g/mol. The van der Waals surface area contributed by atoms with Crippen molar-refractivity contribution >= 4 is 5.82 Å². The Morgan fingerprint density at radius 3 is 3.11 bits per heavy atom. The van der Waals surface area contributed by atoms with Gasteiger partial charge in [-0.15, -0.1) is 0 Å². The van der Waals surface area contributed by atoms with Crippen molar-refractivity contribution in [3.05, 3.63) is 23.9 Å². The summed E-state index contributed by atoms with van der Waals surface area (Å²) in [6, 6.07) is 5.64. The van der Waals surface area contributed by atoms with Crippen molar-refractivity contribution in [3.8, 4) is 6.07 Å². The van der Waals surface area contributed by atoms with Crippen LogP contribution in [0.3, 0.4) is 0 Å². The molecule has 1 aliphatic carbocycles. The lowest BCUT2D eigenvalue weighted by Crippen LogP contribution is -2.52. The summed E-state index contributed by atoms with van der Waals surface area (Å²) < 4.78 is 0. The van der Waals surface area contributed by atoms with E-state index in [1.54, 1.807) is 18.3 Å². The largest absolute Gasteiger partial charge is 0.363 e. The number of hydrogen-bond acceptors (Lipinski definition) is 4. The quantitative estimate of drug-likeness (QED) is 0.855. The summed E-state index contributed by atoms with van der Waals surface area (Å²) in [5, 5.41) is 12.4. The predicted molar refractivity (Wildman–Crippen MR) is 72.0 cm³/mol. The molecule has 2 rings (SSSR count). The molecule has 18 heavy (non-hydrogen) atoms. The molecule has 1 aromatic heterocycles. The van der Waals surface area contributed by atoms with Crippen LogP contribution in [0.25, 0.3) is 0 Å². The van der Waals surface area contributed by atoms with Crippen molar-refractivity contribution in [2.75, 3.05) is 11.9 Å². The minimum Gasteiger partial charge on any atom is -0.363 e. The lowest BCUT2D eigenvalue weighted by atomic mass is 9.73. The van der Waals surface area contributed by atoms with Gasteiger partial charge in [0.05, 0.1) is 17.2 Å². The first kappa shape index (κ1) is 12.8. The number of nitrogens with zero attached hydrogens (tertiary/aromatic N) is 2. The number of nitriles is 1. The second kappa shape index (κ2) is 5.36. The Morgan fingerprint density at radius 1 is 1.61 bits per heavy atom. The van der Waals surface area contributed by atoms with Crippen LogP contribution in [0.5, 0.6) is 0 Å². The molecule has 1 heterocycles. The van der Waals surface area contributed by atoms with Crippen LogP contribution in [0.2, 0.25) is 0 Å². The van der Waals surface area contributed by atoms with Gasteiger partial charge in [0, 0.05) is 12.7 Å². The highest BCUT2D eigenvalue weighted by atomic mass is 15.1. The van der Waals surface area contributed by atoms with Gasteiger partial charge in [0.25, 0.3) is 0 Å². The van der Waals surface area contributed by atoms with Gasteiger partial charge in [0.2, 0.25) is 0 Å². The monoisotopic (exact) mass is 244 g/mol. The van der Waals surface area contributed by atoms with Crippen LogP contribution in [-0.2, 0) is 0 Å². The summed E-state index contributed by atoms with van der Waals surface area (Å²) >= 11 is 0. The third-order valence-electron chi connectivity index (χ3n) is 4.08. The minimum absolute atomic E-state index is 0.0701. The van der Waals surface area contributed by atoms with Gasteiger partial charge >= 0.3 is 0 Å². The van der Waals surface area contributed by atoms with Crippen molar-refractivity contribution < 1.29 is 0 Å². The molecule has 1 aromatic rings. The summed E-state index contributed by atoms with van der Waals surface area (Å²) in [6.07, 6.45) is 6.41. The number of anilines is 1. The van der Waals surface area contributed by atoms with Crippen LogP contribution in [0.1, 0.15) is 38.2 Å². The zero-order valence-electron chi connectivity index (χ0n) is 10.8. The molecule has 0 spiro atoms. The van der Waals surface area contributed by atoms with Gasteiger partial charge in [-0.25, -0.2) is 4.98 Å². The highest BCUT2D eigenvalue weighted by molar-refractivity contribution is 5.44. The van der Waals surface area contributed by atoms with Crippen molar-refractivity contribution in [3.63, 3.8) is 0 Å². The van der Waals surface area contributed by atoms with E-state index in [0.717, 1.165) is 12.2 Å². The fraction of sp³-hybridized carbons (Fsp3) is 0.571. The molecule has 4 nitrogen and oxygen atoms in total. The highest BCUT2D eigenvalue weighted by Gasteiger charge is 2.37. The van der Waals surface area contributed by atoms with E-state index in [-0.39, 0.29) is 5.54 Å². The molecule has 0 amide bonds. The molecule has 0 radical (unpaired) electrons. The molecular weight excluding hydrogens is 224 g/mol. The zero-order valence-corrected chi connectivity index (χ0v) is 10.8. The summed E-state index contributed by atoms with van der Waals surface area (Å²) in [6.45, 7) is 2.85. The summed E-state index contributed by atoms with van der Waals surface area (Å²) in [5.41, 5.74) is 6.55. The van der Waals surface area contributed by atoms with Crippen molar-refractivity contribution in [1.29, 1.82) is 5.26 Å². The SMILES string of the molecule is CC1CCCCC1(CN)Nc1cc(C#N)ccn1. The van der Waals surface area contributed by atoms with E-state index in [9.17, 15) is 0 Å². The van der Waals surface area contributed by atoms with Crippen LogP contribution in [0, 0.1) is 17.2 Å². The Balaban J connectivity index is 2.21. The summed E-state index contributed by atoms with van der Waals surface area (Å²) in [7, 11) is 0. The Hall–Kier alpha value is -1.60. The van der Waals surface area contributed by atoms with E-state index in [4.69, 9.17) is 11.0 Å². The van der Waals surface area contributed by atoms with Crippen LogP contribution in [0.4, 0.5) is 5.82 Å². The molecule has 0 saturated heterocycles. The first-order chi connectivity index (χ1) is 8.70. The van der Waals surface area contributed by atoms with E-state index >= 15 is 0 Å². The molecule has 2 atom stereocenters. The predicted octanol–water partition coefficient (Wildman–Crippen LogP) is 2.27. The Bertz CT molecular complexity index is 451. The Labute approximate surface area is 108 Å². The topological polar surface area (TPSA) is 74.7 Å². The fourth-order valence-electron chi connectivity index (χ4n) is 2.78. The third-order valence-corrected chi connectivity index (χ3v) is 4.08. The highest BCUT2D eigenvalue weighted by Crippen LogP contribution is 2.35. The number of nitrogens with one attached hydrogen (secondary N) is 1. The van der Waals surface area contributed by atoms with Gasteiger partial charge in [-0.3, -0.25) is 0 Å². The van der Waals surface area contributed by atoms with Gasteiger partial charge in [-0.2, -0.15) is 5.26 Å². The molecule has 0 aliphatic heterocycles. The molecule has 3 N–H and O–H groups in total. The first-order valence-electron chi connectivity index (χ1n) is 6.54. The maximum absolute atomic E-state index is 8.91. The molecule has 1 aliphatic rings. The second-order valence-corrected chi connectivity index (χ2v) is 5.17. The van der Waals surface area contributed by atoms with Crippen LogP contribution < -0.4 is 11.1 Å². The molecule has 0 bridgehead atoms. The normalized spacial score (nSPS) is 27.5. The number of hydrogen-bond donors (Lipinski definition) is 2. The van der Waals surface area contributed by atoms with Gasteiger partial charge in [0.1, 0.15) is 5.82 Å². The third kappa shape index (κ3) is 2.46. The maximum atomic E-state index is 8.91. The maximum Gasteiger partial charge on any atom is 0.127 e. The number of rotatable bonds is 3. The number of pyridine rings is 1.